The molecule has 3 aromatic heterocycles. The molecule has 0 radical (unpaired) electrons. The van der Waals surface area contributed by atoms with Crippen molar-refractivity contribution in [2.24, 2.45) is 13.0 Å². The molecule has 5 heterocycles. The number of hydrogen-bond acceptors (Lipinski definition) is 9. The number of pyridine rings is 1. The minimum absolute atomic E-state index is 0.120. The number of methoxy groups -OCH3 is 1. The number of ether oxygens (including phenoxy) is 1. The third kappa shape index (κ3) is 7.15. The van der Waals surface area contributed by atoms with Crippen molar-refractivity contribution in [3.63, 3.8) is 0 Å². The van der Waals surface area contributed by atoms with Crippen molar-refractivity contribution < 1.29 is 23.5 Å². The number of benzene rings is 2. The monoisotopic (exact) mass is 765 g/mol. The molecule has 1 unspecified atom stereocenters. The van der Waals surface area contributed by atoms with Gasteiger partial charge in [-0.3, -0.25) is 38.4 Å². The number of rotatable bonds is 9. The lowest BCUT2D eigenvalue weighted by molar-refractivity contribution is -0.135. The number of piperazine rings is 1. The fourth-order valence-corrected chi connectivity index (χ4v) is 8.63. The SMILES string of the molecule is COc1cc2nn(C3CCC(CN4CCN(c5cccc6c5n(C)c(=O)n6C5CCC(=O)NC5=O)CC4)CC3)cc2cc1NC(=O)c1cccc(C(C)(C)F)n1. The Bertz CT molecular complexity index is 2380. The minimum Gasteiger partial charge on any atom is -0.494 e. The van der Waals surface area contributed by atoms with E-state index in [0.717, 1.165) is 80.5 Å². The molecule has 1 saturated carbocycles. The van der Waals surface area contributed by atoms with E-state index in [4.69, 9.17) is 9.84 Å². The molecule has 3 amide bonds. The Hall–Kier alpha value is -5.57. The molecule has 1 aliphatic carbocycles. The van der Waals surface area contributed by atoms with Crippen molar-refractivity contribution in [2.75, 3.05) is 50.1 Å². The number of carbonyl (C=O) groups is 3. The highest BCUT2D eigenvalue weighted by atomic mass is 19.1. The first kappa shape index (κ1) is 37.4. The number of hydrogen-bond donors (Lipinski definition) is 2. The summed E-state index contributed by atoms with van der Waals surface area (Å²) in [6.45, 7) is 7.35. The molecule has 294 valence electrons. The van der Waals surface area contributed by atoms with Gasteiger partial charge in [0.05, 0.1) is 46.8 Å². The van der Waals surface area contributed by atoms with Gasteiger partial charge in [0.1, 0.15) is 23.2 Å². The predicted molar refractivity (Wildman–Crippen MR) is 211 cm³/mol. The summed E-state index contributed by atoms with van der Waals surface area (Å²) in [7, 11) is 3.30. The molecule has 15 heteroatoms. The summed E-state index contributed by atoms with van der Waals surface area (Å²) in [4.78, 5) is 60.2. The van der Waals surface area contributed by atoms with Gasteiger partial charge in [-0.15, -0.1) is 0 Å². The van der Waals surface area contributed by atoms with Crippen LogP contribution in [0, 0.1) is 5.92 Å². The minimum atomic E-state index is -1.67. The van der Waals surface area contributed by atoms with E-state index in [2.05, 4.69) is 30.1 Å². The number of imide groups is 1. The van der Waals surface area contributed by atoms with Gasteiger partial charge in [-0.05, 0) is 82.2 Å². The lowest BCUT2D eigenvalue weighted by Crippen LogP contribution is -2.48. The summed E-state index contributed by atoms with van der Waals surface area (Å²) < 4.78 is 25.3. The van der Waals surface area contributed by atoms with Gasteiger partial charge in [-0.1, -0.05) is 12.1 Å². The van der Waals surface area contributed by atoms with E-state index in [-0.39, 0.29) is 35.4 Å². The molecule has 3 fully saturated rings. The molecule has 2 saturated heterocycles. The van der Waals surface area contributed by atoms with E-state index in [0.29, 0.717) is 29.3 Å². The maximum Gasteiger partial charge on any atom is 0.329 e. The van der Waals surface area contributed by atoms with E-state index in [1.54, 1.807) is 41.5 Å². The second-order valence-electron chi connectivity index (χ2n) is 15.8. The Balaban J connectivity index is 0.877. The van der Waals surface area contributed by atoms with Crippen LogP contribution in [-0.4, -0.2) is 86.4 Å². The van der Waals surface area contributed by atoms with E-state index < -0.39 is 23.5 Å². The molecule has 2 N–H and O–H groups in total. The molecule has 0 spiro atoms. The first-order valence-electron chi connectivity index (χ1n) is 19.4. The van der Waals surface area contributed by atoms with Crippen LogP contribution >= 0.6 is 0 Å². The van der Waals surface area contributed by atoms with E-state index in [9.17, 15) is 23.6 Å². The number of piperidine rings is 1. The molecular formula is C41H48FN9O5. The van der Waals surface area contributed by atoms with Crippen LogP contribution in [0.2, 0.25) is 0 Å². The maximum absolute atomic E-state index is 14.5. The zero-order valence-electron chi connectivity index (χ0n) is 32.3. The Morgan fingerprint density at radius 2 is 1.75 bits per heavy atom. The highest BCUT2D eigenvalue weighted by molar-refractivity contribution is 6.05. The number of carbonyl (C=O) groups excluding carboxylic acids is 3. The molecule has 14 nitrogen and oxygen atoms in total. The van der Waals surface area contributed by atoms with Gasteiger partial charge in [0.2, 0.25) is 11.8 Å². The second kappa shape index (κ2) is 14.8. The smallest absolute Gasteiger partial charge is 0.329 e. The fraction of sp³-hybridized carbons (Fsp3) is 0.463. The van der Waals surface area contributed by atoms with Crippen molar-refractivity contribution >= 4 is 51.0 Å². The van der Waals surface area contributed by atoms with Crippen molar-refractivity contribution in [3.8, 4) is 5.75 Å². The quantitative estimate of drug-likeness (QED) is 0.196. The third-order valence-electron chi connectivity index (χ3n) is 11.7. The van der Waals surface area contributed by atoms with Gasteiger partial charge in [0, 0.05) is 63.8 Å². The van der Waals surface area contributed by atoms with Gasteiger partial charge in [0.15, 0.2) is 0 Å². The summed E-state index contributed by atoms with van der Waals surface area (Å²) in [6, 6.07) is 13.9. The summed E-state index contributed by atoms with van der Waals surface area (Å²) in [5, 5.41) is 11.1. The number of nitrogens with zero attached hydrogens (tertiary/aromatic N) is 7. The molecule has 5 aromatic rings. The number of imidazole rings is 1. The lowest BCUT2D eigenvalue weighted by atomic mass is 9.85. The normalized spacial score (nSPS) is 21.1. The largest absolute Gasteiger partial charge is 0.494 e. The van der Waals surface area contributed by atoms with E-state index >= 15 is 0 Å². The molecule has 2 aliphatic heterocycles. The predicted octanol–water partition coefficient (Wildman–Crippen LogP) is 5.08. The van der Waals surface area contributed by atoms with Crippen LogP contribution in [0.4, 0.5) is 15.8 Å². The average molecular weight is 766 g/mol. The molecule has 2 aromatic carbocycles. The van der Waals surface area contributed by atoms with Crippen molar-refractivity contribution in [1.82, 2.24) is 34.1 Å². The van der Waals surface area contributed by atoms with Crippen LogP contribution in [0.25, 0.3) is 21.9 Å². The lowest BCUT2D eigenvalue weighted by Gasteiger charge is -2.39. The standard InChI is InChI=1S/C41H48FN9O5/c1-41(2,42)35-10-5-7-28(43-35)38(53)44-30-21-26-24-50(46-29(26)22-34(30)56-4)27-13-11-25(12-14-27)23-48-17-19-49(20-18-48)31-8-6-9-32-37(31)47(3)40(55)51(32)33-15-16-36(52)45-39(33)54/h5-10,21-22,24-25,27,33H,11-20,23H2,1-4H3,(H,44,53)(H,45,52,54). The number of anilines is 2. The highest BCUT2D eigenvalue weighted by Crippen LogP contribution is 2.36. The van der Waals surface area contributed by atoms with Crippen LogP contribution < -0.4 is 26.0 Å². The number of fused-ring (bicyclic) bond motifs is 2. The number of nitrogens with one attached hydrogen (secondary N) is 2. The van der Waals surface area contributed by atoms with E-state index in [1.807, 2.05) is 36.5 Å². The Morgan fingerprint density at radius 1 is 1.00 bits per heavy atom. The molecule has 1 atom stereocenters. The Labute approximate surface area is 323 Å². The van der Waals surface area contributed by atoms with Crippen LogP contribution in [0.15, 0.2) is 59.5 Å². The average Bonchev–Trinajstić information content (AvgIpc) is 3.72. The van der Waals surface area contributed by atoms with E-state index in [1.165, 1.54) is 13.8 Å². The number of aromatic nitrogens is 5. The molecule has 8 rings (SSSR count). The van der Waals surface area contributed by atoms with Crippen LogP contribution in [-0.2, 0) is 22.3 Å². The Kier molecular flexibility index (Phi) is 9.89. The van der Waals surface area contributed by atoms with Gasteiger partial charge in [-0.25, -0.2) is 14.2 Å². The molecule has 3 aliphatic rings. The molecular weight excluding hydrogens is 718 g/mol. The topological polar surface area (TPSA) is 149 Å². The van der Waals surface area contributed by atoms with Crippen LogP contribution in [0.5, 0.6) is 5.75 Å². The zero-order chi connectivity index (χ0) is 39.3. The number of amides is 3. The highest BCUT2D eigenvalue weighted by Gasteiger charge is 2.33. The van der Waals surface area contributed by atoms with Gasteiger partial charge in [0.25, 0.3) is 5.91 Å². The van der Waals surface area contributed by atoms with Crippen molar-refractivity contribution in [1.29, 1.82) is 0 Å². The summed E-state index contributed by atoms with van der Waals surface area (Å²) in [5.74, 6) is -0.115. The number of aryl methyl sites for hydroxylation is 1. The van der Waals surface area contributed by atoms with Gasteiger partial charge in [-0.2, -0.15) is 5.10 Å². The number of para-hydroxylation sites is 1. The second-order valence-corrected chi connectivity index (χ2v) is 15.8. The summed E-state index contributed by atoms with van der Waals surface area (Å²) in [5.41, 5.74) is 2.15. The van der Waals surface area contributed by atoms with Gasteiger partial charge < -0.3 is 15.0 Å². The third-order valence-corrected chi connectivity index (χ3v) is 11.7. The first-order valence-corrected chi connectivity index (χ1v) is 19.4. The zero-order valence-corrected chi connectivity index (χ0v) is 32.3. The molecule has 0 bridgehead atoms. The molecule has 56 heavy (non-hydrogen) atoms. The number of alkyl halides is 1. The summed E-state index contributed by atoms with van der Waals surface area (Å²) >= 11 is 0. The van der Waals surface area contributed by atoms with Crippen LogP contribution in [0.1, 0.15) is 80.6 Å². The fourth-order valence-electron chi connectivity index (χ4n) is 8.63. The number of halogens is 1. The van der Waals surface area contributed by atoms with Gasteiger partial charge >= 0.3 is 5.69 Å². The van der Waals surface area contributed by atoms with Crippen molar-refractivity contribution in [2.45, 2.75) is 70.1 Å². The summed E-state index contributed by atoms with van der Waals surface area (Å²) in [6.07, 6.45) is 6.79. The van der Waals surface area contributed by atoms with Crippen molar-refractivity contribution in [3.05, 3.63) is 76.6 Å². The first-order chi connectivity index (χ1) is 26.9. The Morgan fingerprint density at radius 3 is 2.46 bits per heavy atom. The maximum atomic E-state index is 14.5. The van der Waals surface area contributed by atoms with Crippen LogP contribution in [0.3, 0.4) is 0 Å².